The topological polar surface area (TPSA) is 42.2 Å². The fraction of sp³-hybridized carbons (Fsp3) is 0.583. The summed E-state index contributed by atoms with van der Waals surface area (Å²) in [6.45, 7) is 9.50. The predicted molar refractivity (Wildman–Crippen MR) is 73.9 cm³/mol. The second-order valence-corrected chi connectivity index (χ2v) is 4.81. The minimum Gasteiger partial charge on any atom is -0.397 e. The Kier molecular flexibility index (Phi) is 4.59. The molecule has 0 fully saturated rings. The quantitative estimate of drug-likeness (QED) is 0.922. The van der Waals surface area contributed by atoms with Crippen LogP contribution in [0, 0.1) is 6.92 Å². The number of nitrogens with zero attached hydrogens (tertiary/aromatic N) is 2. The first-order valence-corrected chi connectivity index (χ1v) is 6.49. The maximum absolute atomic E-state index is 5.83. The molecule has 1 rings (SSSR count). The van der Waals surface area contributed by atoms with E-state index in [2.05, 4.69) is 46.6 Å². The van der Waals surface area contributed by atoms with Crippen molar-refractivity contribution >= 4 is 27.4 Å². The molecule has 4 heteroatoms. The van der Waals surface area contributed by atoms with E-state index in [-0.39, 0.29) is 0 Å². The van der Waals surface area contributed by atoms with Crippen LogP contribution in [0.3, 0.4) is 0 Å². The highest BCUT2D eigenvalue weighted by Crippen LogP contribution is 2.31. The minimum absolute atomic E-state index is 0.483. The monoisotopic (exact) mass is 285 g/mol. The van der Waals surface area contributed by atoms with Gasteiger partial charge in [-0.05, 0) is 48.7 Å². The zero-order valence-corrected chi connectivity index (χ0v) is 12.0. The number of halogens is 1. The van der Waals surface area contributed by atoms with Gasteiger partial charge in [0.15, 0.2) is 0 Å². The summed E-state index contributed by atoms with van der Waals surface area (Å²) in [6.07, 6.45) is 2.84. The van der Waals surface area contributed by atoms with Crippen LogP contribution >= 0.6 is 15.9 Å². The number of nitrogen functional groups attached to an aromatic ring is 1. The number of hydrogen-bond acceptors (Lipinski definition) is 3. The molecule has 0 saturated carbocycles. The molecular formula is C12H20BrN3. The lowest BCUT2D eigenvalue weighted by molar-refractivity contribution is 0.622. The Morgan fingerprint density at radius 2 is 2.12 bits per heavy atom. The third kappa shape index (κ3) is 2.48. The van der Waals surface area contributed by atoms with Crippen molar-refractivity contribution in [3.8, 4) is 0 Å². The molecule has 1 unspecified atom stereocenters. The SMILES string of the molecule is CCC(C)N(CC)c1ncc(N)c(C)c1Br. The third-order valence-corrected chi connectivity index (χ3v) is 3.97. The van der Waals surface area contributed by atoms with Gasteiger partial charge in [0, 0.05) is 12.6 Å². The lowest BCUT2D eigenvalue weighted by atomic mass is 10.2. The fourth-order valence-electron chi connectivity index (χ4n) is 1.67. The molecule has 0 radical (unpaired) electrons. The highest BCUT2D eigenvalue weighted by atomic mass is 79.9. The van der Waals surface area contributed by atoms with Crippen LogP contribution in [0.4, 0.5) is 11.5 Å². The van der Waals surface area contributed by atoms with Crippen molar-refractivity contribution in [2.24, 2.45) is 0 Å². The zero-order chi connectivity index (χ0) is 12.3. The lowest BCUT2D eigenvalue weighted by Crippen LogP contribution is -2.33. The van der Waals surface area contributed by atoms with Gasteiger partial charge in [0.2, 0.25) is 0 Å². The van der Waals surface area contributed by atoms with Gasteiger partial charge >= 0.3 is 0 Å². The summed E-state index contributed by atoms with van der Waals surface area (Å²) < 4.78 is 1.01. The van der Waals surface area contributed by atoms with Crippen molar-refractivity contribution in [3.63, 3.8) is 0 Å². The minimum atomic E-state index is 0.483. The Hall–Kier alpha value is -0.770. The summed E-state index contributed by atoms with van der Waals surface area (Å²) in [5.41, 5.74) is 7.62. The van der Waals surface area contributed by atoms with Crippen molar-refractivity contribution in [2.45, 2.75) is 40.2 Å². The van der Waals surface area contributed by atoms with Gasteiger partial charge in [0.05, 0.1) is 16.4 Å². The summed E-state index contributed by atoms with van der Waals surface area (Å²) >= 11 is 3.59. The molecule has 2 N–H and O–H groups in total. The van der Waals surface area contributed by atoms with Crippen LogP contribution in [0.1, 0.15) is 32.8 Å². The molecule has 1 aromatic heterocycles. The van der Waals surface area contributed by atoms with E-state index in [0.717, 1.165) is 34.5 Å². The second-order valence-electron chi connectivity index (χ2n) is 4.02. The maximum atomic E-state index is 5.83. The first kappa shape index (κ1) is 13.3. The van der Waals surface area contributed by atoms with Gasteiger partial charge in [-0.15, -0.1) is 0 Å². The molecule has 1 aromatic rings. The van der Waals surface area contributed by atoms with Gasteiger partial charge in [-0.1, -0.05) is 6.92 Å². The van der Waals surface area contributed by atoms with Crippen molar-refractivity contribution in [1.82, 2.24) is 4.98 Å². The number of hydrogen-bond donors (Lipinski definition) is 1. The van der Waals surface area contributed by atoms with Crippen LogP contribution in [0.2, 0.25) is 0 Å². The summed E-state index contributed by atoms with van der Waals surface area (Å²) in [6, 6.07) is 0.483. The Balaban J connectivity index is 3.16. The maximum Gasteiger partial charge on any atom is 0.143 e. The van der Waals surface area contributed by atoms with Crippen LogP contribution in [0.25, 0.3) is 0 Å². The third-order valence-electron chi connectivity index (χ3n) is 3.02. The van der Waals surface area contributed by atoms with E-state index < -0.39 is 0 Å². The normalized spacial score (nSPS) is 12.6. The van der Waals surface area contributed by atoms with Crippen molar-refractivity contribution < 1.29 is 0 Å². The average molecular weight is 286 g/mol. The summed E-state index contributed by atoms with van der Waals surface area (Å²) in [7, 11) is 0. The number of rotatable bonds is 4. The van der Waals surface area contributed by atoms with Gasteiger partial charge in [-0.2, -0.15) is 0 Å². The van der Waals surface area contributed by atoms with Gasteiger partial charge in [0.25, 0.3) is 0 Å². The van der Waals surface area contributed by atoms with Crippen LogP contribution in [0.5, 0.6) is 0 Å². The van der Waals surface area contributed by atoms with Crippen LogP contribution in [-0.4, -0.2) is 17.6 Å². The molecule has 0 amide bonds. The van der Waals surface area contributed by atoms with E-state index >= 15 is 0 Å². The molecule has 16 heavy (non-hydrogen) atoms. The first-order valence-electron chi connectivity index (χ1n) is 5.70. The Labute approximate surface area is 106 Å². The smallest absolute Gasteiger partial charge is 0.143 e. The van der Waals surface area contributed by atoms with E-state index in [1.165, 1.54) is 0 Å². The Morgan fingerprint density at radius 3 is 2.62 bits per heavy atom. The number of nitrogens with two attached hydrogens (primary N) is 1. The Morgan fingerprint density at radius 1 is 1.50 bits per heavy atom. The van der Waals surface area contributed by atoms with Gasteiger partial charge in [-0.25, -0.2) is 4.98 Å². The highest BCUT2D eigenvalue weighted by molar-refractivity contribution is 9.10. The molecule has 0 aliphatic heterocycles. The fourth-order valence-corrected chi connectivity index (χ4v) is 2.23. The average Bonchev–Trinajstić information content (AvgIpc) is 2.29. The molecule has 0 aromatic carbocycles. The molecule has 0 bridgehead atoms. The second kappa shape index (κ2) is 5.53. The van der Waals surface area contributed by atoms with Crippen LogP contribution < -0.4 is 10.6 Å². The molecule has 0 aliphatic rings. The molecule has 0 aliphatic carbocycles. The van der Waals surface area contributed by atoms with E-state index in [0.29, 0.717) is 6.04 Å². The molecule has 3 nitrogen and oxygen atoms in total. The summed E-state index contributed by atoms with van der Waals surface area (Å²) in [5, 5.41) is 0. The number of pyridine rings is 1. The number of anilines is 2. The largest absolute Gasteiger partial charge is 0.397 e. The molecular weight excluding hydrogens is 266 g/mol. The molecule has 0 spiro atoms. The van der Waals surface area contributed by atoms with Crippen LogP contribution in [-0.2, 0) is 0 Å². The van der Waals surface area contributed by atoms with E-state index in [9.17, 15) is 0 Å². The van der Waals surface area contributed by atoms with E-state index in [1.807, 2.05) is 6.92 Å². The highest BCUT2D eigenvalue weighted by Gasteiger charge is 2.17. The van der Waals surface area contributed by atoms with Crippen molar-refractivity contribution in [3.05, 3.63) is 16.2 Å². The molecule has 0 saturated heterocycles. The van der Waals surface area contributed by atoms with Gasteiger partial charge in [-0.3, -0.25) is 0 Å². The molecule has 1 atom stereocenters. The van der Waals surface area contributed by atoms with E-state index in [1.54, 1.807) is 6.20 Å². The summed E-state index contributed by atoms with van der Waals surface area (Å²) in [5.74, 6) is 0.989. The first-order chi connectivity index (χ1) is 7.52. The molecule has 1 heterocycles. The van der Waals surface area contributed by atoms with E-state index in [4.69, 9.17) is 5.73 Å². The zero-order valence-electron chi connectivity index (χ0n) is 10.4. The van der Waals surface area contributed by atoms with Gasteiger partial charge < -0.3 is 10.6 Å². The van der Waals surface area contributed by atoms with Gasteiger partial charge in [0.1, 0.15) is 5.82 Å². The predicted octanol–water partition coefficient (Wildman–Crippen LogP) is 3.36. The number of aromatic nitrogens is 1. The lowest BCUT2D eigenvalue weighted by Gasteiger charge is -2.29. The van der Waals surface area contributed by atoms with Crippen molar-refractivity contribution in [2.75, 3.05) is 17.2 Å². The molecule has 90 valence electrons. The standard InChI is InChI=1S/C12H20BrN3/c1-5-8(3)16(6-2)12-11(13)9(4)10(14)7-15-12/h7-8H,5-6,14H2,1-4H3. The van der Waals surface area contributed by atoms with Crippen molar-refractivity contribution in [1.29, 1.82) is 0 Å². The van der Waals surface area contributed by atoms with Crippen LogP contribution in [0.15, 0.2) is 10.7 Å². The summed E-state index contributed by atoms with van der Waals surface area (Å²) in [4.78, 5) is 6.72. The Bertz CT molecular complexity index is 366.